The Morgan fingerprint density at radius 1 is 1.45 bits per heavy atom. The van der Waals surface area contributed by atoms with E-state index in [0.29, 0.717) is 30.1 Å². The largest absolute Gasteiger partial charge is 0.444 e. The number of benzene rings is 1. The number of halogens is 2. The first kappa shape index (κ1) is 15.1. The highest BCUT2D eigenvalue weighted by Crippen LogP contribution is 2.34. The molecule has 1 unspecified atom stereocenters. The minimum absolute atomic E-state index is 0.0729. The van der Waals surface area contributed by atoms with E-state index < -0.39 is 5.60 Å². The van der Waals surface area contributed by atoms with Crippen molar-refractivity contribution >= 4 is 17.7 Å². The standard InChI is InChI=1S/C15H19ClFNO2/c1-15(2,3)20-14(19)18-8-7-10(9-18)13-11(16)5-4-6-12(13)17/h4-6,10H,7-9H2,1-3H3. The molecule has 0 radical (unpaired) electrons. The Labute approximate surface area is 123 Å². The van der Waals surface area contributed by atoms with Crippen molar-refractivity contribution in [3.05, 3.63) is 34.6 Å². The molecule has 1 heterocycles. The van der Waals surface area contributed by atoms with Gasteiger partial charge in [0.15, 0.2) is 0 Å². The highest BCUT2D eigenvalue weighted by Gasteiger charge is 2.32. The number of amides is 1. The van der Waals surface area contributed by atoms with Crippen molar-refractivity contribution in [2.45, 2.75) is 38.7 Å². The van der Waals surface area contributed by atoms with Crippen LogP contribution in [0.15, 0.2) is 18.2 Å². The molecule has 1 fully saturated rings. The zero-order chi connectivity index (χ0) is 14.9. The lowest BCUT2D eigenvalue weighted by Crippen LogP contribution is -2.35. The third-order valence-electron chi connectivity index (χ3n) is 3.25. The summed E-state index contributed by atoms with van der Waals surface area (Å²) < 4.78 is 19.2. The van der Waals surface area contributed by atoms with E-state index in [-0.39, 0.29) is 17.8 Å². The molecule has 1 aliphatic rings. The molecule has 0 saturated carbocycles. The Bertz CT molecular complexity index is 493. The van der Waals surface area contributed by atoms with Gasteiger partial charge in [-0.1, -0.05) is 17.7 Å². The molecule has 0 bridgehead atoms. The fourth-order valence-electron chi connectivity index (χ4n) is 2.39. The summed E-state index contributed by atoms with van der Waals surface area (Å²) >= 11 is 6.07. The van der Waals surface area contributed by atoms with Crippen molar-refractivity contribution in [3.63, 3.8) is 0 Å². The van der Waals surface area contributed by atoms with Crippen LogP contribution >= 0.6 is 11.6 Å². The fraction of sp³-hybridized carbons (Fsp3) is 0.533. The highest BCUT2D eigenvalue weighted by molar-refractivity contribution is 6.31. The van der Waals surface area contributed by atoms with E-state index in [9.17, 15) is 9.18 Å². The van der Waals surface area contributed by atoms with Crippen LogP contribution in [0.1, 0.15) is 38.7 Å². The van der Waals surface area contributed by atoms with Crippen LogP contribution in [-0.4, -0.2) is 29.7 Å². The van der Waals surface area contributed by atoms with Crippen molar-refractivity contribution in [1.29, 1.82) is 0 Å². The zero-order valence-corrected chi connectivity index (χ0v) is 12.7. The first-order valence-electron chi connectivity index (χ1n) is 6.70. The molecule has 0 spiro atoms. The van der Waals surface area contributed by atoms with Crippen LogP contribution in [0.4, 0.5) is 9.18 Å². The van der Waals surface area contributed by atoms with E-state index in [2.05, 4.69) is 0 Å². The molecule has 0 aromatic heterocycles. The predicted molar refractivity (Wildman–Crippen MR) is 76.6 cm³/mol. The number of carbonyl (C=O) groups is 1. The summed E-state index contributed by atoms with van der Waals surface area (Å²) in [7, 11) is 0. The maximum absolute atomic E-state index is 13.9. The quantitative estimate of drug-likeness (QED) is 0.777. The Morgan fingerprint density at radius 2 is 2.15 bits per heavy atom. The maximum atomic E-state index is 13.9. The number of rotatable bonds is 1. The van der Waals surface area contributed by atoms with Crippen LogP contribution in [-0.2, 0) is 4.74 Å². The molecule has 1 amide bonds. The monoisotopic (exact) mass is 299 g/mol. The van der Waals surface area contributed by atoms with Gasteiger partial charge in [-0.05, 0) is 39.3 Å². The van der Waals surface area contributed by atoms with Gasteiger partial charge >= 0.3 is 6.09 Å². The minimum atomic E-state index is -0.523. The first-order chi connectivity index (χ1) is 9.28. The summed E-state index contributed by atoms with van der Waals surface area (Å²) in [5.74, 6) is -0.384. The van der Waals surface area contributed by atoms with E-state index in [1.165, 1.54) is 6.07 Å². The van der Waals surface area contributed by atoms with Gasteiger partial charge in [0.05, 0.1) is 0 Å². The highest BCUT2D eigenvalue weighted by atomic mass is 35.5. The van der Waals surface area contributed by atoms with Crippen molar-refractivity contribution in [3.8, 4) is 0 Å². The predicted octanol–water partition coefficient (Wildman–Crippen LogP) is 4.20. The number of hydrogen-bond acceptors (Lipinski definition) is 2. The summed E-state index contributed by atoms with van der Waals surface area (Å²) in [6.07, 6.45) is 0.340. The molecule has 2 rings (SSSR count). The zero-order valence-electron chi connectivity index (χ0n) is 12.0. The maximum Gasteiger partial charge on any atom is 0.410 e. The van der Waals surface area contributed by atoms with Crippen LogP contribution in [0.5, 0.6) is 0 Å². The molecular weight excluding hydrogens is 281 g/mol. The Balaban J connectivity index is 2.08. The smallest absolute Gasteiger partial charge is 0.410 e. The molecule has 1 atom stereocenters. The van der Waals surface area contributed by atoms with Crippen LogP contribution in [0, 0.1) is 5.82 Å². The second kappa shape index (κ2) is 5.60. The minimum Gasteiger partial charge on any atom is -0.444 e. The van der Waals surface area contributed by atoms with Crippen LogP contribution < -0.4 is 0 Å². The molecule has 1 aliphatic heterocycles. The second-order valence-electron chi connectivity index (χ2n) is 6.05. The van der Waals surface area contributed by atoms with Crippen molar-refractivity contribution in [2.24, 2.45) is 0 Å². The molecule has 3 nitrogen and oxygen atoms in total. The van der Waals surface area contributed by atoms with Gasteiger partial charge < -0.3 is 9.64 Å². The average Bonchev–Trinajstić information content (AvgIpc) is 2.76. The van der Waals surface area contributed by atoms with Crippen LogP contribution in [0.25, 0.3) is 0 Å². The topological polar surface area (TPSA) is 29.5 Å². The molecule has 20 heavy (non-hydrogen) atoms. The summed E-state index contributed by atoms with van der Waals surface area (Å²) in [5, 5.41) is 0.418. The number of carbonyl (C=O) groups excluding carboxylic acids is 1. The summed E-state index contributed by atoms with van der Waals surface area (Å²) in [5.41, 5.74) is -0.0228. The van der Waals surface area contributed by atoms with E-state index in [1.54, 1.807) is 17.0 Å². The molecule has 0 aliphatic carbocycles. The van der Waals surface area contributed by atoms with Gasteiger partial charge in [-0.25, -0.2) is 9.18 Å². The van der Waals surface area contributed by atoms with Crippen LogP contribution in [0.3, 0.4) is 0 Å². The first-order valence-corrected chi connectivity index (χ1v) is 7.07. The van der Waals surface area contributed by atoms with Gasteiger partial charge in [-0.15, -0.1) is 0 Å². The summed E-state index contributed by atoms with van der Waals surface area (Å²) in [4.78, 5) is 13.6. The van der Waals surface area contributed by atoms with E-state index in [4.69, 9.17) is 16.3 Å². The second-order valence-corrected chi connectivity index (χ2v) is 6.45. The Morgan fingerprint density at radius 3 is 2.75 bits per heavy atom. The SMILES string of the molecule is CC(C)(C)OC(=O)N1CCC(c2c(F)cccc2Cl)C1. The summed E-state index contributed by atoms with van der Waals surface area (Å²) in [6, 6.07) is 4.66. The number of nitrogens with zero attached hydrogens (tertiary/aromatic N) is 1. The molecule has 5 heteroatoms. The Kier molecular flexibility index (Phi) is 4.23. The number of ether oxygens (including phenoxy) is 1. The number of likely N-dealkylation sites (tertiary alicyclic amines) is 1. The third-order valence-corrected chi connectivity index (χ3v) is 3.58. The van der Waals surface area contributed by atoms with E-state index in [0.717, 1.165) is 0 Å². The number of hydrogen-bond donors (Lipinski definition) is 0. The lowest BCUT2D eigenvalue weighted by molar-refractivity contribution is 0.0292. The fourth-order valence-corrected chi connectivity index (χ4v) is 2.71. The van der Waals surface area contributed by atoms with Gasteiger partial charge in [0.25, 0.3) is 0 Å². The van der Waals surface area contributed by atoms with Gasteiger partial charge in [-0.2, -0.15) is 0 Å². The van der Waals surface area contributed by atoms with Gasteiger partial charge in [0.1, 0.15) is 11.4 Å². The van der Waals surface area contributed by atoms with Gasteiger partial charge in [0, 0.05) is 29.6 Å². The molecule has 1 aromatic carbocycles. The molecule has 0 N–H and O–H groups in total. The third kappa shape index (κ3) is 3.42. The summed E-state index contributed by atoms with van der Waals surface area (Å²) in [6.45, 7) is 6.48. The van der Waals surface area contributed by atoms with Crippen molar-refractivity contribution < 1.29 is 13.9 Å². The van der Waals surface area contributed by atoms with E-state index in [1.807, 2.05) is 20.8 Å². The lowest BCUT2D eigenvalue weighted by Gasteiger charge is -2.24. The molecule has 1 saturated heterocycles. The van der Waals surface area contributed by atoms with Gasteiger partial charge in [0.2, 0.25) is 0 Å². The normalized spacial score (nSPS) is 19.2. The van der Waals surface area contributed by atoms with E-state index >= 15 is 0 Å². The molecule has 110 valence electrons. The Hall–Kier alpha value is -1.29. The molecule has 1 aromatic rings. The van der Waals surface area contributed by atoms with Crippen LogP contribution in [0.2, 0.25) is 5.02 Å². The lowest BCUT2D eigenvalue weighted by atomic mass is 9.98. The van der Waals surface area contributed by atoms with Gasteiger partial charge in [-0.3, -0.25) is 0 Å². The average molecular weight is 300 g/mol. The van der Waals surface area contributed by atoms with Crippen molar-refractivity contribution in [2.75, 3.05) is 13.1 Å². The van der Waals surface area contributed by atoms with Crippen molar-refractivity contribution in [1.82, 2.24) is 4.90 Å². The molecular formula is C15H19ClFNO2.